The fourth-order valence-electron chi connectivity index (χ4n) is 1.70. The second kappa shape index (κ2) is 7.64. The highest BCUT2D eigenvalue weighted by atomic mass is 16.5. The molecule has 2 rings (SSSR count). The Morgan fingerprint density at radius 3 is 3.09 bits per heavy atom. The number of nitriles is 1. The summed E-state index contributed by atoms with van der Waals surface area (Å²) in [5, 5.41) is 11.9. The molecule has 1 N–H and O–H groups in total. The largest absolute Gasteiger partial charge is 0.462 e. The van der Waals surface area contributed by atoms with Gasteiger partial charge in [0, 0.05) is 12.3 Å². The average molecular weight is 297 g/mol. The predicted molar refractivity (Wildman–Crippen MR) is 80.9 cm³/mol. The normalized spacial score (nSPS) is 10.4. The number of hydrogen-bond donors (Lipinski definition) is 1. The third-order valence-corrected chi connectivity index (χ3v) is 2.71. The van der Waals surface area contributed by atoms with Gasteiger partial charge in [0.15, 0.2) is 0 Å². The summed E-state index contributed by atoms with van der Waals surface area (Å²) < 4.78 is 10.3. The van der Waals surface area contributed by atoms with E-state index in [1.165, 1.54) is 6.08 Å². The molecule has 0 bridgehead atoms. The van der Waals surface area contributed by atoms with Crippen molar-refractivity contribution in [1.29, 1.82) is 5.26 Å². The summed E-state index contributed by atoms with van der Waals surface area (Å²) in [4.78, 5) is 15.6. The zero-order chi connectivity index (χ0) is 15.8. The van der Waals surface area contributed by atoms with Crippen LogP contribution in [-0.4, -0.2) is 24.1 Å². The van der Waals surface area contributed by atoms with Gasteiger partial charge < -0.3 is 14.5 Å². The highest BCUT2D eigenvalue weighted by molar-refractivity contribution is 5.86. The van der Waals surface area contributed by atoms with E-state index in [4.69, 9.17) is 14.4 Å². The van der Waals surface area contributed by atoms with Gasteiger partial charge in [-0.1, -0.05) is 0 Å². The van der Waals surface area contributed by atoms with Crippen molar-refractivity contribution in [3.05, 3.63) is 53.6 Å². The Hall–Kier alpha value is -3.07. The summed E-state index contributed by atoms with van der Waals surface area (Å²) in [6.07, 6.45) is 4.44. The smallest absolute Gasteiger partial charge is 0.330 e. The van der Waals surface area contributed by atoms with E-state index >= 15 is 0 Å². The Labute approximate surface area is 128 Å². The Kier molecular flexibility index (Phi) is 5.32. The lowest BCUT2D eigenvalue weighted by atomic mass is 10.3. The molecule has 2 aromatic heterocycles. The van der Waals surface area contributed by atoms with Gasteiger partial charge in [-0.25, -0.2) is 9.78 Å². The first-order chi connectivity index (χ1) is 10.7. The van der Waals surface area contributed by atoms with E-state index in [2.05, 4.69) is 10.3 Å². The summed E-state index contributed by atoms with van der Waals surface area (Å²) in [6.45, 7) is 2.36. The number of nitrogens with one attached hydrogen (secondary N) is 1. The van der Waals surface area contributed by atoms with E-state index < -0.39 is 5.97 Å². The molecule has 2 aromatic rings. The lowest BCUT2D eigenvalue weighted by molar-refractivity contribution is -0.137. The van der Waals surface area contributed by atoms with Gasteiger partial charge in [-0.05, 0) is 37.3 Å². The van der Waals surface area contributed by atoms with Gasteiger partial charge in [0.25, 0.3) is 0 Å². The SMILES string of the molecule is Cc1ccc(/C=C/C(=O)OCCNc2ncccc2C#N)o1. The first-order valence-electron chi connectivity index (χ1n) is 6.69. The number of aryl methyl sites for hydroxylation is 1. The Morgan fingerprint density at radius 1 is 1.50 bits per heavy atom. The summed E-state index contributed by atoms with van der Waals surface area (Å²) in [7, 11) is 0. The van der Waals surface area contributed by atoms with Gasteiger partial charge in [-0.2, -0.15) is 5.26 Å². The third-order valence-electron chi connectivity index (χ3n) is 2.71. The molecule has 0 aliphatic heterocycles. The van der Waals surface area contributed by atoms with Crippen LogP contribution < -0.4 is 5.32 Å². The van der Waals surface area contributed by atoms with Crippen LogP contribution in [0.25, 0.3) is 6.08 Å². The van der Waals surface area contributed by atoms with Crippen LogP contribution in [0.15, 0.2) is 41.0 Å². The van der Waals surface area contributed by atoms with E-state index in [9.17, 15) is 4.79 Å². The van der Waals surface area contributed by atoms with Gasteiger partial charge >= 0.3 is 5.97 Å². The quantitative estimate of drug-likeness (QED) is 0.501. The second-order valence-electron chi connectivity index (χ2n) is 4.39. The molecule has 2 heterocycles. The number of hydrogen-bond acceptors (Lipinski definition) is 6. The van der Waals surface area contributed by atoms with Gasteiger partial charge in [0.05, 0.1) is 12.1 Å². The molecule has 0 aromatic carbocycles. The number of aromatic nitrogens is 1. The van der Waals surface area contributed by atoms with Crippen molar-refractivity contribution in [1.82, 2.24) is 4.98 Å². The molecule has 0 aliphatic rings. The number of pyridine rings is 1. The number of nitrogens with zero attached hydrogens (tertiary/aromatic N) is 2. The summed E-state index contributed by atoms with van der Waals surface area (Å²) >= 11 is 0. The van der Waals surface area contributed by atoms with E-state index in [1.807, 2.05) is 19.1 Å². The zero-order valence-corrected chi connectivity index (χ0v) is 12.1. The van der Waals surface area contributed by atoms with Crippen LogP contribution >= 0.6 is 0 Å². The van der Waals surface area contributed by atoms with Crippen molar-refractivity contribution in [2.75, 3.05) is 18.5 Å². The Bertz CT molecular complexity index is 713. The fourth-order valence-corrected chi connectivity index (χ4v) is 1.70. The molecule has 0 saturated heterocycles. The highest BCUT2D eigenvalue weighted by Gasteiger charge is 2.02. The van der Waals surface area contributed by atoms with E-state index in [0.29, 0.717) is 23.7 Å². The van der Waals surface area contributed by atoms with E-state index in [-0.39, 0.29) is 6.61 Å². The lowest BCUT2D eigenvalue weighted by Crippen LogP contribution is -2.13. The minimum Gasteiger partial charge on any atom is -0.462 e. The minimum atomic E-state index is -0.461. The first-order valence-corrected chi connectivity index (χ1v) is 6.69. The number of furan rings is 1. The van der Waals surface area contributed by atoms with Crippen molar-refractivity contribution in [3.63, 3.8) is 0 Å². The molecular weight excluding hydrogens is 282 g/mol. The molecule has 0 unspecified atom stereocenters. The number of rotatable bonds is 6. The fraction of sp³-hybridized carbons (Fsp3) is 0.188. The second-order valence-corrected chi connectivity index (χ2v) is 4.39. The standard InChI is InChI=1S/C16H15N3O3/c1-12-4-5-14(22-12)6-7-15(20)21-10-9-19-16-13(11-17)3-2-8-18-16/h2-8H,9-10H2,1H3,(H,18,19)/b7-6+. The van der Waals surface area contributed by atoms with Crippen LogP contribution in [0, 0.1) is 18.3 Å². The van der Waals surface area contributed by atoms with Crippen LogP contribution in [0.2, 0.25) is 0 Å². The van der Waals surface area contributed by atoms with Crippen molar-refractivity contribution in [3.8, 4) is 6.07 Å². The Balaban J connectivity index is 1.73. The molecule has 0 saturated carbocycles. The van der Waals surface area contributed by atoms with Crippen molar-refractivity contribution in [2.24, 2.45) is 0 Å². The molecule has 0 amide bonds. The average Bonchev–Trinajstić information content (AvgIpc) is 2.95. The third kappa shape index (κ3) is 4.49. The van der Waals surface area contributed by atoms with Gasteiger partial charge in [0.2, 0.25) is 0 Å². The van der Waals surface area contributed by atoms with Crippen LogP contribution in [0.5, 0.6) is 0 Å². The lowest BCUT2D eigenvalue weighted by Gasteiger charge is -2.06. The number of carbonyl (C=O) groups excluding carboxylic acids is 1. The van der Waals surface area contributed by atoms with Crippen LogP contribution in [0.3, 0.4) is 0 Å². The van der Waals surface area contributed by atoms with Gasteiger partial charge in [0.1, 0.15) is 30.0 Å². The molecule has 6 nitrogen and oxygen atoms in total. The van der Waals surface area contributed by atoms with Gasteiger partial charge in [-0.3, -0.25) is 0 Å². The van der Waals surface area contributed by atoms with Crippen molar-refractivity contribution in [2.45, 2.75) is 6.92 Å². The topological polar surface area (TPSA) is 88.1 Å². The van der Waals surface area contributed by atoms with Crippen LogP contribution in [0.4, 0.5) is 5.82 Å². The molecule has 0 radical (unpaired) electrons. The number of ether oxygens (including phenoxy) is 1. The van der Waals surface area contributed by atoms with Gasteiger partial charge in [-0.15, -0.1) is 0 Å². The molecule has 0 fully saturated rings. The van der Waals surface area contributed by atoms with Crippen LogP contribution in [-0.2, 0) is 9.53 Å². The maximum absolute atomic E-state index is 11.5. The molecule has 0 aliphatic carbocycles. The van der Waals surface area contributed by atoms with Crippen molar-refractivity contribution >= 4 is 17.9 Å². The highest BCUT2D eigenvalue weighted by Crippen LogP contribution is 2.09. The van der Waals surface area contributed by atoms with E-state index in [1.54, 1.807) is 30.5 Å². The number of carbonyl (C=O) groups is 1. The number of esters is 1. The molecular formula is C16H15N3O3. The maximum atomic E-state index is 11.5. The number of anilines is 1. The minimum absolute atomic E-state index is 0.168. The molecule has 22 heavy (non-hydrogen) atoms. The molecule has 112 valence electrons. The Morgan fingerprint density at radius 2 is 2.36 bits per heavy atom. The first kappa shape index (κ1) is 15.3. The zero-order valence-electron chi connectivity index (χ0n) is 12.1. The maximum Gasteiger partial charge on any atom is 0.330 e. The van der Waals surface area contributed by atoms with Crippen LogP contribution in [0.1, 0.15) is 17.1 Å². The monoisotopic (exact) mass is 297 g/mol. The molecule has 6 heteroatoms. The molecule has 0 atom stereocenters. The summed E-state index contributed by atoms with van der Waals surface area (Å²) in [6, 6.07) is 8.96. The predicted octanol–water partition coefficient (Wildman–Crippen LogP) is 2.52. The van der Waals surface area contributed by atoms with E-state index in [0.717, 1.165) is 5.76 Å². The summed E-state index contributed by atoms with van der Waals surface area (Å²) in [5.74, 6) is 1.39. The summed E-state index contributed by atoms with van der Waals surface area (Å²) in [5.41, 5.74) is 0.446. The molecule has 0 spiro atoms. The van der Waals surface area contributed by atoms with Crippen molar-refractivity contribution < 1.29 is 13.9 Å².